The van der Waals surface area contributed by atoms with E-state index in [0.29, 0.717) is 17.4 Å². The molecule has 5 rings (SSSR count). The zero-order valence-electron chi connectivity index (χ0n) is 21.2. The molecule has 2 aromatic heterocycles. The number of alkyl halides is 3. The molecule has 1 aliphatic rings. The van der Waals surface area contributed by atoms with Gasteiger partial charge in [0.1, 0.15) is 17.6 Å². The topological polar surface area (TPSA) is 145 Å². The van der Waals surface area contributed by atoms with Crippen LogP contribution < -0.4 is 13.8 Å². The summed E-state index contributed by atoms with van der Waals surface area (Å²) in [6.45, 7) is -0.342. The zero-order valence-corrected chi connectivity index (χ0v) is 22.0. The van der Waals surface area contributed by atoms with Crippen LogP contribution in [-0.4, -0.2) is 54.4 Å². The van der Waals surface area contributed by atoms with Crippen LogP contribution in [0.25, 0.3) is 23.0 Å². The molecule has 1 atom stereocenters. The Kier molecular flexibility index (Phi) is 7.29. The van der Waals surface area contributed by atoms with E-state index in [1.54, 1.807) is 12.1 Å². The smallest absolute Gasteiger partial charge is 0.416 e. The summed E-state index contributed by atoms with van der Waals surface area (Å²) in [4.78, 5) is 19.1. The van der Waals surface area contributed by atoms with E-state index in [1.165, 1.54) is 31.5 Å². The van der Waals surface area contributed by atoms with Crippen LogP contribution in [0.15, 0.2) is 70.2 Å². The molecule has 3 heterocycles. The number of hydrogen-bond donors (Lipinski definition) is 1. The van der Waals surface area contributed by atoms with Crippen LogP contribution in [0.1, 0.15) is 18.4 Å². The molecule has 0 aliphatic carbocycles. The van der Waals surface area contributed by atoms with Gasteiger partial charge in [0.05, 0.1) is 29.8 Å². The maximum Gasteiger partial charge on any atom is 0.416 e. The number of carbonyl (C=O) groups is 1. The first kappa shape index (κ1) is 27.9. The molecule has 11 nitrogen and oxygen atoms in total. The SMILES string of the molecule is COc1cccnc1-c1nc(-c2ccc3c(c2)N(S(=O)(=O)c2cccc(C(F)(F)F)c2)CC(CCC(=O)O)O3)no1. The van der Waals surface area contributed by atoms with E-state index in [0.717, 1.165) is 22.5 Å². The van der Waals surface area contributed by atoms with E-state index in [2.05, 4.69) is 15.1 Å². The number of halogens is 3. The summed E-state index contributed by atoms with van der Waals surface area (Å²) in [5, 5.41) is 13.1. The van der Waals surface area contributed by atoms with Crippen molar-refractivity contribution >= 4 is 21.7 Å². The maximum absolute atomic E-state index is 13.7. The minimum Gasteiger partial charge on any atom is -0.494 e. The lowest BCUT2D eigenvalue weighted by Gasteiger charge is -2.35. The van der Waals surface area contributed by atoms with E-state index < -0.39 is 38.7 Å². The number of methoxy groups -OCH3 is 1. The van der Waals surface area contributed by atoms with Crippen molar-refractivity contribution in [3.8, 4) is 34.5 Å². The number of sulfonamides is 1. The Balaban J connectivity index is 1.56. The fraction of sp³-hybridized carbons (Fsp3) is 0.231. The Morgan fingerprint density at radius 2 is 1.98 bits per heavy atom. The molecular weight excluding hydrogens is 569 g/mol. The van der Waals surface area contributed by atoms with Crippen molar-refractivity contribution < 1.29 is 45.5 Å². The van der Waals surface area contributed by atoms with Crippen LogP contribution >= 0.6 is 0 Å². The summed E-state index contributed by atoms with van der Waals surface area (Å²) in [5.74, 6) is -0.540. The highest BCUT2D eigenvalue weighted by Gasteiger charge is 2.37. The van der Waals surface area contributed by atoms with E-state index in [9.17, 15) is 26.4 Å². The number of fused-ring (bicyclic) bond motifs is 1. The van der Waals surface area contributed by atoms with Crippen LogP contribution in [0.2, 0.25) is 0 Å². The van der Waals surface area contributed by atoms with Gasteiger partial charge in [0, 0.05) is 18.2 Å². The number of nitrogens with zero attached hydrogens (tertiary/aromatic N) is 4. The largest absolute Gasteiger partial charge is 0.494 e. The second kappa shape index (κ2) is 10.7. The molecular formula is C26H21F3N4O7S. The van der Waals surface area contributed by atoms with Crippen molar-refractivity contribution in [3.63, 3.8) is 0 Å². The summed E-state index contributed by atoms with van der Waals surface area (Å²) in [7, 11) is -3.11. The van der Waals surface area contributed by atoms with Gasteiger partial charge >= 0.3 is 12.1 Å². The van der Waals surface area contributed by atoms with Gasteiger partial charge in [0.25, 0.3) is 15.9 Å². The Labute approximate surface area is 231 Å². The van der Waals surface area contributed by atoms with Crippen molar-refractivity contribution in [1.82, 2.24) is 15.1 Å². The standard InChI is InChI=1S/C26H21F3N4O7S/c1-38-21-6-3-11-30-23(21)25-31-24(32-40-25)15-7-9-20-19(12-15)33(14-17(39-20)8-10-22(34)35)41(36,37)18-5-2-4-16(13-18)26(27,28)29/h2-7,9,11-13,17H,8,10,14H2,1H3,(H,34,35). The molecule has 1 N–H and O–H groups in total. The second-order valence-electron chi connectivity index (χ2n) is 8.89. The first-order valence-corrected chi connectivity index (χ1v) is 13.5. The highest BCUT2D eigenvalue weighted by molar-refractivity contribution is 7.92. The van der Waals surface area contributed by atoms with Gasteiger partial charge in [0.2, 0.25) is 5.82 Å². The van der Waals surface area contributed by atoms with Gasteiger partial charge in [-0.2, -0.15) is 18.2 Å². The Morgan fingerprint density at radius 3 is 2.71 bits per heavy atom. The molecule has 0 radical (unpaired) electrons. The number of carboxylic acids is 1. The van der Waals surface area contributed by atoms with E-state index in [1.807, 2.05) is 0 Å². The lowest BCUT2D eigenvalue weighted by Crippen LogP contribution is -2.43. The summed E-state index contributed by atoms with van der Waals surface area (Å²) in [6, 6.07) is 11.1. The molecule has 1 aliphatic heterocycles. The second-order valence-corrected chi connectivity index (χ2v) is 10.8. The van der Waals surface area contributed by atoms with Crippen LogP contribution in [0.5, 0.6) is 11.5 Å². The summed E-state index contributed by atoms with van der Waals surface area (Å²) >= 11 is 0. The first-order chi connectivity index (χ1) is 19.5. The third-order valence-electron chi connectivity index (χ3n) is 6.20. The minimum atomic E-state index is -4.77. The lowest BCUT2D eigenvalue weighted by atomic mass is 10.1. The molecule has 4 aromatic rings. The molecule has 0 spiro atoms. The van der Waals surface area contributed by atoms with Crippen molar-refractivity contribution in [2.45, 2.75) is 30.0 Å². The number of hydrogen-bond acceptors (Lipinski definition) is 9. The number of anilines is 1. The number of aromatic nitrogens is 3. The number of benzene rings is 2. The quantitative estimate of drug-likeness (QED) is 0.308. The first-order valence-electron chi connectivity index (χ1n) is 12.0. The Hall–Kier alpha value is -4.66. The molecule has 15 heteroatoms. The fourth-order valence-corrected chi connectivity index (χ4v) is 5.77. The van der Waals surface area contributed by atoms with Crippen molar-refractivity contribution in [1.29, 1.82) is 0 Å². The maximum atomic E-state index is 13.7. The third kappa shape index (κ3) is 5.66. The van der Waals surface area contributed by atoms with Crippen LogP contribution in [0, 0.1) is 0 Å². The van der Waals surface area contributed by atoms with Crippen LogP contribution in [-0.2, 0) is 21.0 Å². The number of aliphatic carboxylic acids is 1. The number of ether oxygens (including phenoxy) is 2. The number of carboxylic acid groups (broad SMARTS) is 1. The monoisotopic (exact) mass is 590 g/mol. The molecule has 214 valence electrons. The predicted molar refractivity (Wildman–Crippen MR) is 137 cm³/mol. The number of pyridine rings is 1. The molecule has 41 heavy (non-hydrogen) atoms. The average molecular weight is 591 g/mol. The zero-order chi connectivity index (χ0) is 29.4. The average Bonchev–Trinajstić information content (AvgIpc) is 3.45. The van der Waals surface area contributed by atoms with Gasteiger partial charge in [-0.25, -0.2) is 13.4 Å². The molecule has 0 fully saturated rings. The molecule has 0 saturated carbocycles. The summed E-state index contributed by atoms with van der Waals surface area (Å²) in [5.41, 5.74) is -0.531. The van der Waals surface area contributed by atoms with E-state index >= 15 is 0 Å². The van der Waals surface area contributed by atoms with Crippen molar-refractivity contribution in [2.75, 3.05) is 18.0 Å². The Morgan fingerprint density at radius 1 is 1.17 bits per heavy atom. The minimum absolute atomic E-state index is 0.00764. The van der Waals surface area contributed by atoms with Gasteiger partial charge in [-0.15, -0.1) is 0 Å². The highest BCUT2D eigenvalue weighted by atomic mass is 32.2. The van der Waals surface area contributed by atoms with Gasteiger partial charge in [-0.3, -0.25) is 9.10 Å². The van der Waals surface area contributed by atoms with Crippen LogP contribution in [0.4, 0.5) is 18.9 Å². The van der Waals surface area contributed by atoms with Crippen molar-refractivity contribution in [2.24, 2.45) is 0 Å². The van der Waals surface area contributed by atoms with E-state index in [4.69, 9.17) is 19.1 Å². The lowest BCUT2D eigenvalue weighted by molar-refractivity contribution is -0.138. The third-order valence-corrected chi connectivity index (χ3v) is 7.97. The molecule has 2 aromatic carbocycles. The van der Waals surface area contributed by atoms with Crippen molar-refractivity contribution in [3.05, 3.63) is 66.4 Å². The van der Waals surface area contributed by atoms with Gasteiger partial charge in [0.15, 0.2) is 5.69 Å². The summed E-state index contributed by atoms with van der Waals surface area (Å²) < 4.78 is 85.0. The molecule has 0 amide bonds. The molecule has 0 saturated heterocycles. The summed E-state index contributed by atoms with van der Waals surface area (Å²) in [6.07, 6.45) is -4.48. The van der Waals surface area contributed by atoms with Gasteiger partial charge < -0.3 is 19.1 Å². The van der Waals surface area contributed by atoms with Gasteiger partial charge in [-0.1, -0.05) is 11.2 Å². The highest BCUT2D eigenvalue weighted by Crippen LogP contribution is 2.41. The van der Waals surface area contributed by atoms with Gasteiger partial charge in [-0.05, 0) is 55.0 Å². The predicted octanol–water partition coefficient (Wildman–Crippen LogP) is 4.65. The normalized spacial score (nSPS) is 15.2. The fourth-order valence-electron chi connectivity index (χ4n) is 4.23. The van der Waals surface area contributed by atoms with Crippen LogP contribution in [0.3, 0.4) is 0 Å². The Bertz CT molecular complexity index is 1710. The molecule has 1 unspecified atom stereocenters. The van der Waals surface area contributed by atoms with E-state index in [-0.39, 0.29) is 48.2 Å². The number of rotatable bonds is 8. The molecule has 0 bridgehead atoms.